The Balaban J connectivity index is 1.82. The molecule has 160 valence electrons. The van der Waals surface area contributed by atoms with Crippen LogP contribution in [-0.4, -0.2) is 37.7 Å². The molecule has 1 heterocycles. The van der Waals surface area contributed by atoms with Crippen LogP contribution in [0, 0.1) is 0 Å². The van der Waals surface area contributed by atoms with Gasteiger partial charge in [-0.2, -0.15) is 0 Å². The molecule has 30 heavy (non-hydrogen) atoms. The van der Waals surface area contributed by atoms with E-state index in [9.17, 15) is 14.7 Å². The van der Waals surface area contributed by atoms with Gasteiger partial charge in [0.05, 0.1) is 18.7 Å². The van der Waals surface area contributed by atoms with E-state index >= 15 is 0 Å². The fourth-order valence-electron chi connectivity index (χ4n) is 4.51. The number of carbonyl (C=O) groups is 2. The second kappa shape index (κ2) is 8.88. The Hall–Kier alpha value is -2.86. The van der Waals surface area contributed by atoms with Crippen LogP contribution in [0.1, 0.15) is 59.4 Å². The van der Waals surface area contributed by atoms with Gasteiger partial charge in [-0.25, -0.2) is 0 Å². The van der Waals surface area contributed by atoms with E-state index in [1.165, 1.54) is 12.1 Å². The third kappa shape index (κ3) is 4.65. The number of carboxylic acid groups (broad SMARTS) is 1. The molecule has 0 radical (unpaired) electrons. The van der Waals surface area contributed by atoms with Crippen LogP contribution in [0.5, 0.6) is 5.75 Å². The largest absolute Gasteiger partial charge is 0.545 e. The molecule has 6 nitrogen and oxygen atoms in total. The van der Waals surface area contributed by atoms with Crippen LogP contribution in [0.25, 0.3) is 0 Å². The zero-order chi connectivity index (χ0) is 21.8. The van der Waals surface area contributed by atoms with Crippen molar-refractivity contribution >= 4 is 11.9 Å². The minimum absolute atomic E-state index is 0.108. The molecular weight excluding hydrogens is 382 g/mol. The number of hydrogen-bond acceptors (Lipinski definition) is 5. The van der Waals surface area contributed by atoms with E-state index in [0.29, 0.717) is 19.6 Å². The first-order valence-corrected chi connectivity index (χ1v) is 10.1. The SMILES string of the molecule is COc1ccccc1[C@@]1(CCNC(=O)c2ccccc2C(=O)[O-])CCOC(C)(C)C1. The molecule has 1 aliphatic rings. The molecule has 0 aliphatic carbocycles. The van der Waals surface area contributed by atoms with E-state index in [1.807, 2.05) is 18.2 Å². The highest BCUT2D eigenvalue weighted by Gasteiger charge is 2.43. The summed E-state index contributed by atoms with van der Waals surface area (Å²) in [6, 6.07) is 14.1. The van der Waals surface area contributed by atoms with Crippen molar-refractivity contribution in [3.63, 3.8) is 0 Å². The number of ether oxygens (including phenoxy) is 2. The smallest absolute Gasteiger partial charge is 0.251 e. The molecule has 0 spiro atoms. The number of aromatic carboxylic acids is 1. The fraction of sp³-hybridized carbons (Fsp3) is 0.417. The fourth-order valence-corrected chi connectivity index (χ4v) is 4.51. The lowest BCUT2D eigenvalue weighted by molar-refractivity contribution is -0.255. The Morgan fingerprint density at radius 2 is 1.77 bits per heavy atom. The highest BCUT2D eigenvalue weighted by atomic mass is 16.5. The molecule has 1 fully saturated rings. The summed E-state index contributed by atoms with van der Waals surface area (Å²) in [4.78, 5) is 24.0. The van der Waals surface area contributed by atoms with E-state index in [0.717, 1.165) is 24.2 Å². The van der Waals surface area contributed by atoms with Crippen molar-refractivity contribution in [1.82, 2.24) is 5.32 Å². The van der Waals surface area contributed by atoms with E-state index in [-0.39, 0.29) is 22.1 Å². The van der Waals surface area contributed by atoms with Gasteiger partial charge >= 0.3 is 0 Å². The van der Waals surface area contributed by atoms with Crippen molar-refractivity contribution in [1.29, 1.82) is 0 Å². The highest BCUT2D eigenvalue weighted by molar-refractivity contribution is 6.04. The Morgan fingerprint density at radius 1 is 1.10 bits per heavy atom. The molecule has 2 aromatic rings. The molecule has 1 aliphatic heterocycles. The number of methoxy groups -OCH3 is 1. The maximum absolute atomic E-state index is 12.7. The van der Waals surface area contributed by atoms with Gasteiger partial charge in [-0.3, -0.25) is 4.79 Å². The first kappa shape index (κ1) is 21.8. The van der Waals surface area contributed by atoms with Crippen LogP contribution in [-0.2, 0) is 10.2 Å². The molecule has 0 bridgehead atoms. The maximum atomic E-state index is 12.7. The molecule has 1 saturated heterocycles. The molecule has 2 aromatic carbocycles. The predicted octanol–water partition coefficient (Wildman–Crippen LogP) is 2.71. The van der Waals surface area contributed by atoms with E-state index in [4.69, 9.17) is 9.47 Å². The summed E-state index contributed by atoms with van der Waals surface area (Å²) in [7, 11) is 1.66. The van der Waals surface area contributed by atoms with Gasteiger partial charge in [0.15, 0.2) is 0 Å². The van der Waals surface area contributed by atoms with Crippen LogP contribution in [0.3, 0.4) is 0 Å². The lowest BCUT2D eigenvalue weighted by Crippen LogP contribution is -2.46. The Kier molecular flexibility index (Phi) is 6.46. The van der Waals surface area contributed by atoms with Gasteiger partial charge in [-0.05, 0) is 45.2 Å². The third-order valence-corrected chi connectivity index (χ3v) is 5.80. The molecule has 1 amide bonds. The quantitative estimate of drug-likeness (QED) is 0.758. The summed E-state index contributed by atoms with van der Waals surface area (Å²) < 4.78 is 11.6. The van der Waals surface area contributed by atoms with Gasteiger partial charge in [-0.1, -0.05) is 36.4 Å². The lowest BCUT2D eigenvalue weighted by Gasteiger charge is -2.46. The highest BCUT2D eigenvalue weighted by Crippen LogP contribution is 2.46. The first-order valence-electron chi connectivity index (χ1n) is 10.1. The third-order valence-electron chi connectivity index (χ3n) is 5.80. The van der Waals surface area contributed by atoms with Crippen molar-refractivity contribution < 1.29 is 24.2 Å². The standard InChI is InChI=1S/C24H29NO5/c1-23(2)16-24(13-15-30-23,19-10-6-7-11-20(19)29-3)12-14-25-21(26)17-8-4-5-9-18(17)22(27)28/h4-11H,12-16H2,1-3H3,(H,25,26)(H,27,28)/p-1/t24-/m0/s1. The summed E-state index contributed by atoms with van der Waals surface area (Å²) in [6.07, 6.45) is 2.27. The number of hydrogen-bond donors (Lipinski definition) is 1. The van der Waals surface area contributed by atoms with Crippen LogP contribution in [0.4, 0.5) is 0 Å². The Labute approximate surface area is 177 Å². The molecule has 3 rings (SSSR count). The van der Waals surface area contributed by atoms with Crippen molar-refractivity contribution in [2.75, 3.05) is 20.3 Å². The average molecular weight is 410 g/mol. The maximum Gasteiger partial charge on any atom is 0.251 e. The van der Waals surface area contributed by atoms with Crippen LogP contribution in [0.2, 0.25) is 0 Å². The van der Waals surface area contributed by atoms with Gasteiger partial charge in [0, 0.05) is 35.3 Å². The first-order chi connectivity index (χ1) is 14.3. The molecular formula is C24H28NO5-. The van der Waals surface area contributed by atoms with Gasteiger partial charge < -0.3 is 24.7 Å². The van der Waals surface area contributed by atoms with Crippen LogP contribution < -0.4 is 15.2 Å². The molecule has 0 saturated carbocycles. The Morgan fingerprint density at radius 3 is 2.43 bits per heavy atom. The number of nitrogens with one attached hydrogen (secondary N) is 1. The van der Waals surface area contributed by atoms with Crippen molar-refractivity contribution in [2.45, 2.75) is 44.1 Å². The van der Waals surface area contributed by atoms with E-state index in [2.05, 4.69) is 25.2 Å². The number of rotatable bonds is 7. The summed E-state index contributed by atoms with van der Waals surface area (Å²) >= 11 is 0. The summed E-state index contributed by atoms with van der Waals surface area (Å²) in [6.45, 7) is 5.16. The number of carbonyl (C=O) groups excluding carboxylic acids is 2. The Bertz CT molecular complexity index is 923. The second-order valence-corrected chi connectivity index (χ2v) is 8.35. The van der Waals surface area contributed by atoms with Gasteiger partial charge in [0.25, 0.3) is 5.91 Å². The molecule has 1 N–H and O–H groups in total. The number of carboxylic acids is 1. The summed E-state index contributed by atoms with van der Waals surface area (Å²) in [5.74, 6) is -0.961. The minimum Gasteiger partial charge on any atom is -0.545 e. The number of amides is 1. The molecule has 0 aromatic heterocycles. The van der Waals surface area contributed by atoms with Gasteiger partial charge in [0.1, 0.15) is 5.75 Å². The van der Waals surface area contributed by atoms with Crippen LogP contribution >= 0.6 is 0 Å². The molecule has 1 atom stereocenters. The normalized spacial score (nSPS) is 20.4. The monoisotopic (exact) mass is 410 g/mol. The lowest BCUT2D eigenvalue weighted by atomic mass is 9.67. The molecule has 6 heteroatoms. The summed E-state index contributed by atoms with van der Waals surface area (Å²) in [5, 5.41) is 14.2. The van der Waals surface area contributed by atoms with Crippen LogP contribution in [0.15, 0.2) is 48.5 Å². The summed E-state index contributed by atoms with van der Waals surface area (Å²) in [5.41, 5.74) is 0.575. The second-order valence-electron chi connectivity index (χ2n) is 8.35. The predicted molar refractivity (Wildman–Crippen MR) is 112 cm³/mol. The number of benzene rings is 2. The minimum atomic E-state index is -1.36. The van der Waals surface area contributed by atoms with Crippen molar-refractivity contribution in [3.8, 4) is 5.75 Å². The van der Waals surface area contributed by atoms with Gasteiger partial charge in [-0.15, -0.1) is 0 Å². The average Bonchev–Trinajstić information content (AvgIpc) is 2.72. The van der Waals surface area contributed by atoms with Crippen molar-refractivity contribution in [3.05, 3.63) is 65.2 Å². The molecule has 0 unspecified atom stereocenters. The van der Waals surface area contributed by atoms with E-state index in [1.54, 1.807) is 19.2 Å². The zero-order valence-electron chi connectivity index (χ0n) is 17.7. The van der Waals surface area contributed by atoms with Gasteiger partial charge in [0.2, 0.25) is 0 Å². The topological polar surface area (TPSA) is 87.7 Å². The van der Waals surface area contributed by atoms with E-state index < -0.39 is 11.9 Å². The number of para-hydroxylation sites is 1. The van der Waals surface area contributed by atoms with Crippen molar-refractivity contribution in [2.24, 2.45) is 0 Å². The zero-order valence-corrected chi connectivity index (χ0v) is 17.7.